The molecule has 2 rings (SSSR count). The summed E-state index contributed by atoms with van der Waals surface area (Å²) in [6.45, 7) is 3.02. The van der Waals surface area contributed by atoms with Gasteiger partial charge in [0.05, 0.1) is 13.4 Å². The van der Waals surface area contributed by atoms with Crippen LogP contribution in [0.3, 0.4) is 0 Å². The van der Waals surface area contributed by atoms with Gasteiger partial charge < -0.3 is 23.7 Å². The second-order valence-electron chi connectivity index (χ2n) is 6.51. The van der Waals surface area contributed by atoms with Gasteiger partial charge in [-0.1, -0.05) is 5.43 Å². The van der Waals surface area contributed by atoms with Crippen molar-refractivity contribution in [1.29, 1.82) is 0 Å². The molecule has 0 bridgehead atoms. The number of ether oxygens (including phenoxy) is 5. The minimum atomic E-state index is -1.29. The molecule has 1 aliphatic rings. The Morgan fingerprint density at radius 1 is 1.21 bits per heavy atom. The van der Waals surface area contributed by atoms with Crippen LogP contribution in [0.4, 0.5) is 5.82 Å². The van der Waals surface area contributed by atoms with E-state index in [-0.39, 0.29) is 12.4 Å². The van der Waals surface area contributed by atoms with Crippen LogP contribution < -0.4 is 5.43 Å². The van der Waals surface area contributed by atoms with E-state index in [1.54, 1.807) is 0 Å². The Morgan fingerprint density at radius 3 is 2.39 bits per heavy atom. The molecule has 4 atom stereocenters. The number of nitrogens with one attached hydrogen (secondary N) is 1. The first-order valence-corrected chi connectivity index (χ1v) is 9.25. The molecule has 180 valence electrons. The van der Waals surface area contributed by atoms with Gasteiger partial charge in [-0.2, -0.15) is 0 Å². The number of hydrazine groups is 1. The van der Waals surface area contributed by atoms with Gasteiger partial charge >= 0.3 is 23.8 Å². The van der Waals surface area contributed by atoms with Crippen molar-refractivity contribution in [2.24, 2.45) is 4.99 Å². The molecule has 16 heteroatoms. The Bertz CT molecular complexity index is 959. The molecule has 1 amide bonds. The first-order chi connectivity index (χ1) is 15.5. The zero-order valence-corrected chi connectivity index (χ0v) is 18.0. The summed E-state index contributed by atoms with van der Waals surface area (Å²) in [5, 5.41) is 9.59. The van der Waals surface area contributed by atoms with Crippen LogP contribution in [0.25, 0.3) is 0 Å². The summed E-state index contributed by atoms with van der Waals surface area (Å²) in [7, 11) is 1.26. The van der Waals surface area contributed by atoms with Gasteiger partial charge in [0.25, 0.3) is 0 Å². The molecule has 1 N–H and O–H groups in total. The number of imidazole rings is 1. The summed E-state index contributed by atoms with van der Waals surface area (Å²) < 4.78 is 27.2. The molecule has 1 aliphatic heterocycles. The lowest BCUT2D eigenvalue weighted by molar-refractivity contribution is -0.527. The van der Waals surface area contributed by atoms with Crippen LogP contribution in [-0.4, -0.2) is 76.8 Å². The van der Waals surface area contributed by atoms with Gasteiger partial charge in [0.15, 0.2) is 41.4 Å². The molecule has 33 heavy (non-hydrogen) atoms. The lowest BCUT2D eigenvalue weighted by atomic mass is 10.1. The zero-order chi connectivity index (χ0) is 24.7. The highest BCUT2D eigenvalue weighted by Crippen LogP contribution is 2.37. The Hall–Kier alpha value is -4.08. The average Bonchev–Trinajstić information content (AvgIpc) is 3.25. The lowest BCUT2D eigenvalue weighted by Crippen LogP contribution is -2.40. The fraction of sp³-hybridized carbons (Fsp3) is 0.529. The molecule has 2 heterocycles. The van der Waals surface area contributed by atoms with Crippen molar-refractivity contribution in [2.75, 3.05) is 13.7 Å². The summed E-state index contributed by atoms with van der Waals surface area (Å²) >= 11 is 0. The summed E-state index contributed by atoms with van der Waals surface area (Å²) in [6.07, 6.45) is -2.89. The summed E-state index contributed by atoms with van der Waals surface area (Å²) in [5.41, 5.74) is 0.965. The molecule has 0 saturated carbocycles. The van der Waals surface area contributed by atoms with Gasteiger partial charge in [0.2, 0.25) is 0 Å². The van der Waals surface area contributed by atoms with Crippen molar-refractivity contribution < 1.29 is 47.9 Å². The van der Waals surface area contributed by atoms with Gasteiger partial charge in [0, 0.05) is 20.8 Å². The fourth-order valence-electron chi connectivity index (χ4n) is 2.98. The van der Waals surface area contributed by atoms with E-state index in [9.17, 15) is 29.3 Å². The standard InChI is InChI=1S/C17H21N5O11/c1-8(23)30-5-11-13(31-9(2)24)14(32-10(3)25)17(33-11)21-6-18-12(15(21)19-7-29-4)16(26)20-22(27)28/h6-7,11,13-14,17H,5H2,1-4H3,(H,20,26)/b19-7+/t11-,13-,14-,17-/m1/s1. The highest BCUT2D eigenvalue weighted by Gasteiger charge is 2.51. The van der Waals surface area contributed by atoms with E-state index >= 15 is 0 Å². The summed E-state index contributed by atoms with van der Waals surface area (Å²) in [4.78, 5) is 65.3. The molecule has 1 saturated heterocycles. The van der Waals surface area contributed by atoms with Crippen molar-refractivity contribution in [3.63, 3.8) is 0 Å². The number of hydrogen-bond acceptors (Lipinski definition) is 13. The monoisotopic (exact) mass is 471 g/mol. The van der Waals surface area contributed by atoms with Crippen molar-refractivity contribution in [1.82, 2.24) is 15.0 Å². The Balaban J connectivity index is 2.54. The SMILES string of the molecule is CO/C=N/c1c(C(=O)N[N+](=O)[O-])ncn1[C@@H]1O[C@H](COC(C)=O)[C@@H](OC(C)=O)[C@H]1OC(C)=O. The number of carbonyl (C=O) groups is 4. The maximum absolute atomic E-state index is 12.2. The number of amides is 1. The Morgan fingerprint density at radius 2 is 1.85 bits per heavy atom. The number of nitro groups is 1. The van der Waals surface area contributed by atoms with Crippen LogP contribution in [0.2, 0.25) is 0 Å². The molecule has 16 nitrogen and oxygen atoms in total. The number of hydrogen-bond donors (Lipinski definition) is 1. The normalized spacial score (nSPS) is 21.9. The van der Waals surface area contributed by atoms with Crippen LogP contribution in [0.1, 0.15) is 37.5 Å². The first kappa shape index (κ1) is 25.2. The van der Waals surface area contributed by atoms with Crippen LogP contribution in [-0.2, 0) is 38.1 Å². The number of esters is 3. The third-order valence-electron chi connectivity index (χ3n) is 4.07. The Kier molecular flexibility index (Phi) is 8.38. The van der Waals surface area contributed by atoms with E-state index in [1.165, 1.54) is 12.5 Å². The van der Waals surface area contributed by atoms with Crippen LogP contribution in [0, 0.1) is 10.1 Å². The number of aliphatic imine (C=N–C) groups is 1. The molecular formula is C17H21N5O11. The highest BCUT2D eigenvalue weighted by atomic mass is 16.7. The summed E-state index contributed by atoms with van der Waals surface area (Å²) in [6, 6.07) is 0. The largest absolute Gasteiger partial charge is 0.486 e. The number of methoxy groups -OCH3 is 1. The van der Waals surface area contributed by atoms with Gasteiger partial charge in [-0.05, 0) is 0 Å². The topological polar surface area (TPSA) is 200 Å². The number of aromatic nitrogens is 2. The second-order valence-corrected chi connectivity index (χ2v) is 6.51. The van der Waals surface area contributed by atoms with E-state index in [1.807, 2.05) is 0 Å². The van der Waals surface area contributed by atoms with Crippen LogP contribution >= 0.6 is 0 Å². The molecule has 1 fully saturated rings. The third-order valence-corrected chi connectivity index (χ3v) is 4.07. The molecule has 0 radical (unpaired) electrons. The smallest absolute Gasteiger partial charge is 0.332 e. The molecule has 0 aliphatic carbocycles. The van der Waals surface area contributed by atoms with Gasteiger partial charge in [0.1, 0.15) is 12.7 Å². The zero-order valence-electron chi connectivity index (χ0n) is 18.0. The predicted molar refractivity (Wildman–Crippen MR) is 103 cm³/mol. The fourth-order valence-corrected chi connectivity index (χ4v) is 2.98. The molecule has 1 aromatic rings. The van der Waals surface area contributed by atoms with Crippen LogP contribution in [0.5, 0.6) is 0 Å². The van der Waals surface area contributed by atoms with Crippen molar-refractivity contribution in [3.05, 3.63) is 22.1 Å². The quantitative estimate of drug-likeness (QED) is 0.120. The highest BCUT2D eigenvalue weighted by molar-refractivity contribution is 5.96. The molecular weight excluding hydrogens is 450 g/mol. The van der Waals surface area contributed by atoms with Gasteiger partial charge in [-0.3, -0.25) is 23.7 Å². The average molecular weight is 471 g/mol. The van der Waals surface area contributed by atoms with Crippen LogP contribution in [0.15, 0.2) is 11.3 Å². The second kappa shape index (κ2) is 11.0. The van der Waals surface area contributed by atoms with Crippen molar-refractivity contribution in [3.8, 4) is 0 Å². The molecule has 0 unspecified atom stereocenters. The first-order valence-electron chi connectivity index (χ1n) is 9.25. The molecule has 0 spiro atoms. The van der Waals surface area contributed by atoms with E-state index < -0.39 is 59.1 Å². The maximum atomic E-state index is 12.2. The minimum Gasteiger partial charge on any atom is -0.486 e. The molecule has 1 aromatic heterocycles. The van der Waals surface area contributed by atoms with E-state index in [4.69, 9.17) is 23.7 Å². The van der Waals surface area contributed by atoms with Crippen molar-refractivity contribution in [2.45, 2.75) is 45.3 Å². The summed E-state index contributed by atoms with van der Waals surface area (Å²) in [5.74, 6) is -3.58. The maximum Gasteiger partial charge on any atom is 0.332 e. The van der Waals surface area contributed by atoms with Crippen molar-refractivity contribution >= 4 is 36.0 Å². The molecule has 0 aromatic carbocycles. The van der Waals surface area contributed by atoms with Gasteiger partial charge in [-0.15, -0.1) is 0 Å². The third kappa shape index (κ3) is 6.45. The van der Waals surface area contributed by atoms with E-state index in [2.05, 4.69) is 9.98 Å². The van der Waals surface area contributed by atoms with E-state index in [0.29, 0.717) is 0 Å². The van der Waals surface area contributed by atoms with Gasteiger partial charge in [-0.25, -0.2) is 20.1 Å². The lowest BCUT2D eigenvalue weighted by Gasteiger charge is -2.24. The number of rotatable bonds is 9. The minimum absolute atomic E-state index is 0.256. The number of carbonyl (C=O) groups excluding carboxylic acids is 4. The predicted octanol–water partition coefficient (Wildman–Crippen LogP) is -0.565. The Labute approximate surface area is 185 Å². The number of nitrogens with zero attached hydrogens (tertiary/aromatic N) is 4. The van der Waals surface area contributed by atoms with E-state index in [0.717, 1.165) is 38.1 Å².